The average molecular weight is 324 g/mol. The average Bonchev–Trinajstić information content (AvgIpc) is 3.01. The maximum Gasteiger partial charge on any atom is 0.273 e. The van der Waals surface area contributed by atoms with Gasteiger partial charge in [0, 0.05) is 32.2 Å². The zero-order chi connectivity index (χ0) is 16.8. The Hall–Kier alpha value is -1.44. The number of hydrogen-bond acceptors (Lipinski definition) is 6. The first kappa shape index (κ1) is 17.9. The van der Waals surface area contributed by atoms with Gasteiger partial charge in [0.1, 0.15) is 0 Å². The van der Waals surface area contributed by atoms with Crippen LogP contribution in [0.15, 0.2) is 10.6 Å². The van der Waals surface area contributed by atoms with Crippen molar-refractivity contribution in [3.63, 3.8) is 0 Å². The molecule has 0 spiro atoms. The molecule has 0 aromatic carbocycles. The lowest BCUT2D eigenvalue weighted by molar-refractivity contribution is 0.0887. The number of aliphatic hydroxyl groups is 1. The summed E-state index contributed by atoms with van der Waals surface area (Å²) in [5, 5.41) is 15.9. The van der Waals surface area contributed by atoms with Crippen LogP contribution in [0.25, 0.3) is 0 Å². The van der Waals surface area contributed by atoms with E-state index in [0.717, 1.165) is 32.7 Å². The number of piperazine rings is 1. The number of nitrogens with one attached hydrogen (secondary N) is 1. The Morgan fingerprint density at radius 2 is 2.00 bits per heavy atom. The Kier molecular flexibility index (Phi) is 6.56. The first-order valence-electron chi connectivity index (χ1n) is 8.35. The number of carbonyl (C=O) groups is 1. The van der Waals surface area contributed by atoms with Crippen LogP contribution in [0.5, 0.6) is 0 Å². The number of amides is 1. The molecular formula is C16H28N4O3. The zero-order valence-corrected chi connectivity index (χ0v) is 14.3. The van der Waals surface area contributed by atoms with Crippen LogP contribution < -0.4 is 5.32 Å². The number of carbonyl (C=O) groups excluding carboxylic acids is 1. The summed E-state index contributed by atoms with van der Waals surface area (Å²) < 4.78 is 5.29. The van der Waals surface area contributed by atoms with Crippen LogP contribution >= 0.6 is 0 Å². The number of hydrogen-bond donors (Lipinski definition) is 2. The lowest BCUT2D eigenvalue weighted by Gasteiger charge is -2.33. The van der Waals surface area contributed by atoms with Crippen molar-refractivity contribution in [3.05, 3.63) is 17.5 Å². The van der Waals surface area contributed by atoms with Crippen LogP contribution in [0.2, 0.25) is 0 Å². The molecule has 1 aliphatic rings. The van der Waals surface area contributed by atoms with Crippen molar-refractivity contribution in [1.29, 1.82) is 0 Å². The van der Waals surface area contributed by atoms with E-state index in [0.29, 0.717) is 12.3 Å². The lowest BCUT2D eigenvalue weighted by atomic mass is 10.1. The van der Waals surface area contributed by atoms with Gasteiger partial charge in [-0.05, 0) is 12.5 Å². The summed E-state index contributed by atoms with van der Waals surface area (Å²) in [6.07, 6.45) is 0. The van der Waals surface area contributed by atoms with E-state index in [2.05, 4.69) is 27.2 Å². The second-order valence-electron chi connectivity index (χ2n) is 6.40. The second kappa shape index (κ2) is 8.42. The predicted octanol–water partition coefficient (Wildman–Crippen LogP) is 0.559. The highest BCUT2D eigenvalue weighted by Crippen LogP contribution is 2.11. The molecule has 23 heavy (non-hydrogen) atoms. The van der Waals surface area contributed by atoms with Crippen LogP contribution in [0.1, 0.15) is 37.0 Å². The third kappa shape index (κ3) is 5.02. The predicted molar refractivity (Wildman–Crippen MR) is 87.1 cm³/mol. The summed E-state index contributed by atoms with van der Waals surface area (Å²) in [6, 6.07) is 1.42. The monoisotopic (exact) mass is 324 g/mol. The molecule has 0 bridgehead atoms. The standard InChI is InChI=1S/C16H28N4O3/c1-4-19-5-7-20(8-6-19)10-13-9-14(18-23-13)16(22)17-15(11-21)12(2)3/h9,12,15,21H,4-8,10-11H2,1-3H3,(H,17,22)/t15-/m1/s1. The van der Waals surface area contributed by atoms with Crippen molar-refractivity contribution in [2.75, 3.05) is 39.3 Å². The fraction of sp³-hybridized carbons (Fsp3) is 0.750. The maximum absolute atomic E-state index is 12.1. The van der Waals surface area contributed by atoms with Gasteiger partial charge < -0.3 is 19.8 Å². The van der Waals surface area contributed by atoms with Gasteiger partial charge in [0.15, 0.2) is 11.5 Å². The lowest BCUT2D eigenvalue weighted by Crippen LogP contribution is -2.45. The quantitative estimate of drug-likeness (QED) is 0.763. The Morgan fingerprint density at radius 3 is 2.57 bits per heavy atom. The molecule has 2 rings (SSSR count). The van der Waals surface area contributed by atoms with Gasteiger partial charge in [0.05, 0.1) is 19.2 Å². The molecule has 1 aliphatic heterocycles. The number of aromatic nitrogens is 1. The first-order valence-corrected chi connectivity index (χ1v) is 8.35. The van der Waals surface area contributed by atoms with Crippen molar-refractivity contribution in [2.45, 2.75) is 33.4 Å². The summed E-state index contributed by atoms with van der Waals surface area (Å²) in [6.45, 7) is 11.9. The molecule has 0 saturated carbocycles. The van der Waals surface area contributed by atoms with Gasteiger partial charge in [-0.25, -0.2) is 0 Å². The SMILES string of the molecule is CCN1CCN(Cc2cc(C(=O)N[C@H](CO)C(C)C)no2)CC1. The minimum atomic E-state index is -0.302. The molecule has 130 valence electrons. The van der Waals surface area contributed by atoms with Gasteiger partial charge in [-0.15, -0.1) is 0 Å². The second-order valence-corrected chi connectivity index (χ2v) is 6.40. The molecule has 7 heteroatoms. The van der Waals surface area contributed by atoms with E-state index in [1.54, 1.807) is 6.07 Å². The minimum Gasteiger partial charge on any atom is -0.394 e. The van der Waals surface area contributed by atoms with Crippen LogP contribution in [-0.2, 0) is 6.54 Å². The number of rotatable bonds is 7. The summed E-state index contributed by atoms with van der Waals surface area (Å²) in [7, 11) is 0. The Balaban J connectivity index is 1.86. The summed E-state index contributed by atoms with van der Waals surface area (Å²) in [4.78, 5) is 16.9. The van der Waals surface area contributed by atoms with Crippen molar-refractivity contribution in [1.82, 2.24) is 20.3 Å². The molecule has 0 aliphatic carbocycles. The number of likely N-dealkylation sites (N-methyl/N-ethyl adjacent to an activating group) is 1. The number of aliphatic hydroxyl groups excluding tert-OH is 1. The molecule has 0 radical (unpaired) electrons. The van der Waals surface area contributed by atoms with E-state index in [1.807, 2.05) is 13.8 Å². The van der Waals surface area contributed by atoms with Gasteiger partial charge in [-0.2, -0.15) is 0 Å². The minimum absolute atomic E-state index is 0.0875. The van der Waals surface area contributed by atoms with Gasteiger partial charge in [0.2, 0.25) is 0 Å². The normalized spacial score (nSPS) is 18.3. The molecule has 1 aromatic rings. The first-order chi connectivity index (χ1) is 11.0. The van der Waals surface area contributed by atoms with E-state index >= 15 is 0 Å². The molecule has 1 fully saturated rings. The third-order valence-corrected chi connectivity index (χ3v) is 4.40. The van der Waals surface area contributed by atoms with Crippen molar-refractivity contribution < 1.29 is 14.4 Å². The van der Waals surface area contributed by atoms with Crippen LogP contribution in [0, 0.1) is 5.92 Å². The Morgan fingerprint density at radius 1 is 1.35 bits per heavy atom. The third-order valence-electron chi connectivity index (χ3n) is 4.40. The Bertz CT molecular complexity index is 495. The fourth-order valence-electron chi connectivity index (χ4n) is 2.64. The molecule has 2 N–H and O–H groups in total. The highest BCUT2D eigenvalue weighted by Gasteiger charge is 2.21. The van der Waals surface area contributed by atoms with Gasteiger partial charge >= 0.3 is 0 Å². The van der Waals surface area contributed by atoms with Crippen molar-refractivity contribution >= 4 is 5.91 Å². The maximum atomic E-state index is 12.1. The van der Waals surface area contributed by atoms with E-state index in [1.165, 1.54) is 0 Å². The zero-order valence-electron chi connectivity index (χ0n) is 14.3. The van der Waals surface area contributed by atoms with Gasteiger partial charge in [0.25, 0.3) is 5.91 Å². The van der Waals surface area contributed by atoms with Gasteiger partial charge in [-0.3, -0.25) is 9.69 Å². The summed E-state index contributed by atoms with van der Waals surface area (Å²) >= 11 is 0. The molecule has 1 aromatic heterocycles. The molecule has 7 nitrogen and oxygen atoms in total. The van der Waals surface area contributed by atoms with Crippen LogP contribution in [0.4, 0.5) is 0 Å². The van der Waals surface area contributed by atoms with Crippen LogP contribution in [-0.4, -0.2) is 71.3 Å². The highest BCUT2D eigenvalue weighted by atomic mass is 16.5. The van der Waals surface area contributed by atoms with Gasteiger partial charge in [-0.1, -0.05) is 25.9 Å². The highest BCUT2D eigenvalue weighted by molar-refractivity contribution is 5.92. The molecular weight excluding hydrogens is 296 g/mol. The Labute approximate surface area is 137 Å². The summed E-state index contributed by atoms with van der Waals surface area (Å²) in [5.41, 5.74) is 0.270. The molecule has 2 heterocycles. The smallest absolute Gasteiger partial charge is 0.273 e. The van der Waals surface area contributed by atoms with Crippen LogP contribution in [0.3, 0.4) is 0 Å². The van der Waals surface area contributed by atoms with E-state index < -0.39 is 0 Å². The molecule has 1 amide bonds. The molecule has 0 unspecified atom stereocenters. The largest absolute Gasteiger partial charge is 0.394 e. The van der Waals surface area contributed by atoms with Crippen molar-refractivity contribution in [2.24, 2.45) is 5.92 Å². The van der Waals surface area contributed by atoms with Crippen molar-refractivity contribution in [3.8, 4) is 0 Å². The number of nitrogens with zero attached hydrogens (tertiary/aromatic N) is 3. The van der Waals surface area contributed by atoms with E-state index in [9.17, 15) is 9.90 Å². The molecule has 1 atom stereocenters. The summed E-state index contributed by atoms with van der Waals surface area (Å²) in [5.74, 6) is 0.555. The van der Waals surface area contributed by atoms with E-state index in [4.69, 9.17) is 4.52 Å². The topological polar surface area (TPSA) is 81.8 Å². The fourth-order valence-corrected chi connectivity index (χ4v) is 2.64. The van der Waals surface area contributed by atoms with E-state index in [-0.39, 0.29) is 30.2 Å². The molecule has 1 saturated heterocycles.